The molecule has 2 aliphatic rings. The number of piperazine rings is 1. The van der Waals surface area contributed by atoms with E-state index in [-0.39, 0.29) is 5.56 Å². The molecule has 2 aromatic heterocycles. The van der Waals surface area contributed by atoms with Gasteiger partial charge in [-0.1, -0.05) is 0 Å². The Balaban J connectivity index is 1.58. The quantitative estimate of drug-likeness (QED) is 0.568. The molecule has 0 radical (unpaired) electrons. The van der Waals surface area contributed by atoms with E-state index in [1.165, 1.54) is 30.4 Å². The fraction of sp³-hybridized carbons (Fsp3) is 0.524. The van der Waals surface area contributed by atoms with Gasteiger partial charge in [0.15, 0.2) is 11.7 Å². The molecular formula is C21H23F3N4O3S. The van der Waals surface area contributed by atoms with Crippen LogP contribution in [0.2, 0.25) is 0 Å². The molecule has 4 heterocycles. The second-order valence-corrected chi connectivity index (χ2v) is 9.29. The summed E-state index contributed by atoms with van der Waals surface area (Å²) in [5.74, 6) is 0. The third kappa shape index (κ3) is 4.21. The van der Waals surface area contributed by atoms with E-state index in [4.69, 9.17) is 9.15 Å². The minimum Gasteiger partial charge on any atom is -0.423 e. The van der Waals surface area contributed by atoms with Crippen LogP contribution in [0.1, 0.15) is 31.4 Å². The summed E-state index contributed by atoms with van der Waals surface area (Å²) in [5, 5.41) is 15.3. The van der Waals surface area contributed by atoms with E-state index >= 15 is 0 Å². The molecule has 0 saturated carbocycles. The minimum absolute atomic E-state index is 0.101. The standard InChI is InChI=1S/C21H23F3N4O3S/c1-11(29)10-30-18(21(22,23)24)12-6-15(19-25-4-5-32-19)17-16(7-12)27-20(31-17)28-8-13-2-3-14(9-28)26-13/h4-7,11,13-14,18,26,29H,2-3,8-10H2,1H3. The Kier molecular flexibility index (Phi) is 5.60. The van der Waals surface area contributed by atoms with Crippen LogP contribution in [0.25, 0.3) is 21.7 Å². The van der Waals surface area contributed by atoms with Crippen molar-refractivity contribution in [1.29, 1.82) is 0 Å². The number of oxazole rings is 1. The van der Waals surface area contributed by atoms with Gasteiger partial charge in [-0.2, -0.15) is 18.2 Å². The van der Waals surface area contributed by atoms with Gasteiger partial charge in [-0.3, -0.25) is 0 Å². The third-order valence-electron chi connectivity index (χ3n) is 5.76. The largest absolute Gasteiger partial charge is 0.423 e. The maximum Gasteiger partial charge on any atom is 0.418 e. The molecule has 0 spiro atoms. The highest BCUT2D eigenvalue weighted by Crippen LogP contribution is 2.41. The number of rotatable bonds is 6. The number of benzene rings is 1. The average Bonchev–Trinajstić information content (AvgIpc) is 3.46. The Bertz CT molecular complexity index is 1070. The van der Waals surface area contributed by atoms with Crippen LogP contribution in [-0.4, -0.2) is 59.1 Å². The second kappa shape index (κ2) is 8.29. The molecule has 2 N–H and O–H groups in total. The van der Waals surface area contributed by atoms with Gasteiger partial charge < -0.3 is 24.5 Å². The Morgan fingerprint density at radius 2 is 2.06 bits per heavy atom. The van der Waals surface area contributed by atoms with Crippen molar-refractivity contribution in [3.05, 3.63) is 29.3 Å². The van der Waals surface area contributed by atoms with Crippen molar-refractivity contribution in [2.75, 3.05) is 24.6 Å². The van der Waals surface area contributed by atoms with Crippen LogP contribution in [0.4, 0.5) is 19.2 Å². The number of nitrogens with one attached hydrogen (secondary N) is 1. The maximum absolute atomic E-state index is 13.8. The van der Waals surface area contributed by atoms with E-state index in [1.54, 1.807) is 11.6 Å². The van der Waals surface area contributed by atoms with Crippen molar-refractivity contribution in [3.8, 4) is 10.6 Å². The van der Waals surface area contributed by atoms with E-state index in [0.29, 0.717) is 39.8 Å². The van der Waals surface area contributed by atoms with Gasteiger partial charge in [-0.15, -0.1) is 11.3 Å². The first-order valence-electron chi connectivity index (χ1n) is 10.5. The van der Waals surface area contributed by atoms with Crippen molar-refractivity contribution in [2.24, 2.45) is 0 Å². The average molecular weight is 469 g/mol. The van der Waals surface area contributed by atoms with Gasteiger partial charge in [0, 0.05) is 36.8 Å². The first-order chi connectivity index (χ1) is 15.3. The van der Waals surface area contributed by atoms with E-state index < -0.39 is 25.0 Å². The topological polar surface area (TPSA) is 83.7 Å². The molecule has 172 valence electrons. The van der Waals surface area contributed by atoms with Gasteiger partial charge in [0.05, 0.1) is 18.3 Å². The number of aromatic nitrogens is 2. The van der Waals surface area contributed by atoms with E-state index in [1.807, 2.05) is 0 Å². The highest BCUT2D eigenvalue weighted by Gasteiger charge is 2.43. The summed E-state index contributed by atoms with van der Waals surface area (Å²) in [6.07, 6.45) is -4.12. The summed E-state index contributed by atoms with van der Waals surface area (Å²) in [6.45, 7) is 2.42. The van der Waals surface area contributed by atoms with Crippen LogP contribution in [0.15, 0.2) is 28.1 Å². The molecule has 4 unspecified atom stereocenters. The van der Waals surface area contributed by atoms with Crippen LogP contribution in [0.3, 0.4) is 0 Å². The summed E-state index contributed by atoms with van der Waals surface area (Å²) in [5.41, 5.74) is 1.07. The molecule has 32 heavy (non-hydrogen) atoms. The lowest BCUT2D eigenvalue weighted by Crippen LogP contribution is -2.51. The number of halogens is 3. The predicted molar refractivity (Wildman–Crippen MR) is 114 cm³/mol. The van der Waals surface area contributed by atoms with E-state index in [9.17, 15) is 18.3 Å². The highest BCUT2D eigenvalue weighted by atomic mass is 32.1. The number of aliphatic hydroxyl groups excluding tert-OH is 1. The second-order valence-electron chi connectivity index (χ2n) is 8.40. The number of hydrogen-bond donors (Lipinski definition) is 2. The van der Waals surface area contributed by atoms with Gasteiger partial charge in [-0.25, -0.2) is 4.98 Å². The normalized spacial score (nSPS) is 23.1. The fourth-order valence-electron chi connectivity index (χ4n) is 4.41. The lowest BCUT2D eigenvalue weighted by molar-refractivity contribution is -0.228. The molecule has 2 saturated heterocycles. The summed E-state index contributed by atoms with van der Waals surface area (Å²) < 4.78 is 52.7. The SMILES string of the molecule is CC(O)COC(c1cc(-c2nccs2)c2oc(N3CC4CCC(C3)N4)nc2c1)C(F)(F)F. The van der Waals surface area contributed by atoms with Crippen LogP contribution in [0.5, 0.6) is 0 Å². The molecule has 11 heteroatoms. The van der Waals surface area contributed by atoms with Gasteiger partial charge in [-0.05, 0) is 37.5 Å². The molecular weight excluding hydrogens is 445 g/mol. The third-order valence-corrected chi connectivity index (χ3v) is 6.56. The van der Waals surface area contributed by atoms with Gasteiger partial charge in [0.25, 0.3) is 6.01 Å². The molecule has 2 fully saturated rings. The molecule has 7 nitrogen and oxygen atoms in total. The van der Waals surface area contributed by atoms with Crippen LogP contribution < -0.4 is 10.2 Å². The highest BCUT2D eigenvalue weighted by molar-refractivity contribution is 7.13. The van der Waals surface area contributed by atoms with Crippen LogP contribution in [-0.2, 0) is 4.74 Å². The molecule has 3 aromatic rings. The first-order valence-corrected chi connectivity index (χ1v) is 11.4. The zero-order valence-electron chi connectivity index (χ0n) is 17.3. The Morgan fingerprint density at radius 3 is 2.69 bits per heavy atom. The van der Waals surface area contributed by atoms with Crippen molar-refractivity contribution >= 4 is 28.5 Å². The van der Waals surface area contributed by atoms with Gasteiger partial charge in [0.2, 0.25) is 0 Å². The molecule has 4 atom stereocenters. The predicted octanol–water partition coefficient (Wildman–Crippen LogP) is 3.89. The molecule has 2 aliphatic heterocycles. The Labute approximate surface area is 186 Å². The van der Waals surface area contributed by atoms with E-state index in [2.05, 4.69) is 20.2 Å². The zero-order valence-corrected chi connectivity index (χ0v) is 18.1. The lowest BCUT2D eigenvalue weighted by Gasteiger charge is -2.31. The van der Waals surface area contributed by atoms with Crippen molar-refractivity contribution in [2.45, 2.75) is 50.2 Å². The minimum atomic E-state index is -4.66. The number of thiazole rings is 1. The Hall–Kier alpha value is -2.21. The molecule has 5 rings (SSSR count). The van der Waals surface area contributed by atoms with Gasteiger partial charge >= 0.3 is 6.18 Å². The lowest BCUT2D eigenvalue weighted by atomic mass is 10.0. The van der Waals surface area contributed by atoms with Crippen molar-refractivity contribution < 1.29 is 27.4 Å². The van der Waals surface area contributed by atoms with Crippen LogP contribution in [0, 0.1) is 0 Å². The number of fused-ring (bicyclic) bond motifs is 3. The summed E-state index contributed by atoms with van der Waals surface area (Å²) in [7, 11) is 0. The number of nitrogens with zero attached hydrogens (tertiary/aromatic N) is 3. The summed E-state index contributed by atoms with van der Waals surface area (Å²) in [6, 6.07) is 3.89. The smallest absolute Gasteiger partial charge is 0.418 e. The fourth-order valence-corrected chi connectivity index (χ4v) is 5.06. The van der Waals surface area contributed by atoms with E-state index in [0.717, 1.165) is 25.9 Å². The number of alkyl halides is 3. The van der Waals surface area contributed by atoms with Crippen LogP contribution >= 0.6 is 11.3 Å². The number of hydrogen-bond acceptors (Lipinski definition) is 8. The summed E-state index contributed by atoms with van der Waals surface area (Å²) >= 11 is 1.31. The van der Waals surface area contributed by atoms with Crippen molar-refractivity contribution in [3.63, 3.8) is 0 Å². The number of ether oxygens (including phenoxy) is 1. The van der Waals surface area contributed by atoms with Gasteiger partial charge in [0.1, 0.15) is 10.5 Å². The Morgan fingerprint density at radius 1 is 1.31 bits per heavy atom. The molecule has 1 aromatic carbocycles. The molecule has 0 aliphatic carbocycles. The molecule has 2 bridgehead atoms. The maximum atomic E-state index is 13.8. The molecule has 0 amide bonds. The zero-order chi connectivity index (χ0) is 22.5. The monoisotopic (exact) mass is 468 g/mol. The number of aliphatic hydroxyl groups is 1. The number of anilines is 1. The first kappa shape index (κ1) is 21.6. The van der Waals surface area contributed by atoms with Crippen molar-refractivity contribution in [1.82, 2.24) is 15.3 Å². The summed E-state index contributed by atoms with van der Waals surface area (Å²) in [4.78, 5) is 10.9.